The van der Waals surface area contributed by atoms with E-state index in [0.717, 1.165) is 5.56 Å². The number of hydrogen-bond donors (Lipinski definition) is 1. The van der Waals surface area contributed by atoms with E-state index in [2.05, 4.69) is 4.98 Å². The van der Waals surface area contributed by atoms with Crippen LogP contribution in [0.3, 0.4) is 0 Å². The van der Waals surface area contributed by atoms with Crippen LogP contribution >= 0.6 is 34.8 Å². The number of amides is 1. The average Bonchev–Trinajstić information content (AvgIpc) is 2.45. The van der Waals surface area contributed by atoms with Gasteiger partial charge >= 0.3 is 0 Å². The Morgan fingerprint density at radius 1 is 1.33 bits per heavy atom. The molecule has 1 aromatic carbocycles. The van der Waals surface area contributed by atoms with Crippen molar-refractivity contribution in [2.45, 2.75) is 6.54 Å². The molecule has 2 rings (SSSR count). The fourth-order valence-electron chi connectivity index (χ4n) is 1.82. The first kappa shape index (κ1) is 15.9. The third-order valence-corrected chi connectivity index (χ3v) is 4.04. The summed E-state index contributed by atoms with van der Waals surface area (Å²) in [5.41, 5.74) is 6.99. The highest BCUT2D eigenvalue weighted by Gasteiger charge is 2.18. The van der Waals surface area contributed by atoms with Crippen molar-refractivity contribution < 1.29 is 4.79 Å². The molecule has 0 atom stereocenters. The Kier molecular flexibility index (Phi) is 4.93. The molecule has 2 N–H and O–H groups in total. The highest BCUT2D eigenvalue weighted by atomic mass is 35.5. The van der Waals surface area contributed by atoms with Gasteiger partial charge in [0.05, 0.1) is 27.5 Å². The number of anilines is 1. The zero-order valence-electron chi connectivity index (χ0n) is 11.1. The Labute approximate surface area is 137 Å². The predicted octanol–water partition coefficient (Wildman–Crippen LogP) is 3.90. The normalized spacial score (nSPS) is 10.5. The van der Waals surface area contributed by atoms with E-state index in [9.17, 15) is 4.79 Å². The van der Waals surface area contributed by atoms with E-state index in [-0.39, 0.29) is 16.6 Å². The van der Waals surface area contributed by atoms with Crippen molar-refractivity contribution in [2.75, 3.05) is 12.8 Å². The summed E-state index contributed by atoms with van der Waals surface area (Å²) < 4.78 is 0. The number of aromatic nitrogens is 1. The number of hydrogen-bond acceptors (Lipinski definition) is 3. The smallest absolute Gasteiger partial charge is 0.257 e. The van der Waals surface area contributed by atoms with Gasteiger partial charge in [0.15, 0.2) is 0 Å². The number of carbonyl (C=O) groups excluding carboxylic acids is 1. The fourth-order valence-corrected chi connectivity index (χ4v) is 2.38. The number of pyridine rings is 1. The molecule has 0 aliphatic rings. The Morgan fingerprint density at radius 2 is 2.05 bits per heavy atom. The number of nitrogen functional groups attached to an aromatic ring is 1. The Balaban J connectivity index is 2.24. The topological polar surface area (TPSA) is 59.2 Å². The van der Waals surface area contributed by atoms with Gasteiger partial charge in [0.2, 0.25) is 0 Å². The van der Waals surface area contributed by atoms with Crippen LogP contribution in [-0.4, -0.2) is 22.8 Å². The van der Waals surface area contributed by atoms with E-state index < -0.39 is 0 Å². The SMILES string of the molecule is CN(Cc1cccc(Cl)c1Cl)C(=O)c1cc(N)cnc1Cl. The maximum absolute atomic E-state index is 12.4. The summed E-state index contributed by atoms with van der Waals surface area (Å²) in [4.78, 5) is 17.7. The van der Waals surface area contributed by atoms with Crippen LogP contribution in [-0.2, 0) is 6.54 Å². The number of nitrogens with two attached hydrogens (primary N) is 1. The molecule has 0 aliphatic carbocycles. The summed E-state index contributed by atoms with van der Waals surface area (Å²) in [5.74, 6) is -0.296. The van der Waals surface area contributed by atoms with Gasteiger partial charge in [-0.25, -0.2) is 4.98 Å². The lowest BCUT2D eigenvalue weighted by Crippen LogP contribution is -2.27. The van der Waals surface area contributed by atoms with Crippen LogP contribution in [0.15, 0.2) is 30.5 Å². The molecule has 1 aromatic heterocycles. The Bertz CT molecular complexity index is 691. The molecule has 0 saturated carbocycles. The molecule has 0 spiro atoms. The molecule has 4 nitrogen and oxygen atoms in total. The molecule has 0 unspecified atom stereocenters. The summed E-state index contributed by atoms with van der Waals surface area (Å²) in [6.45, 7) is 0.295. The van der Waals surface area contributed by atoms with E-state index in [1.807, 2.05) is 0 Å². The minimum absolute atomic E-state index is 0.109. The molecule has 2 aromatic rings. The molecule has 0 aliphatic heterocycles. The van der Waals surface area contributed by atoms with Crippen molar-refractivity contribution in [1.82, 2.24) is 9.88 Å². The van der Waals surface area contributed by atoms with Crippen molar-refractivity contribution in [3.8, 4) is 0 Å². The molecule has 0 bridgehead atoms. The summed E-state index contributed by atoms with van der Waals surface area (Å²) in [6, 6.07) is 6.76. The second-order valence-electron chi connectivity index (χ2n) is 4.48. The second kappa shape index (κ2) is 6.52. The highest BCUT2D eigenvalue weighted by molar-refractivity contribution is 6.42. The highest BCUT2D eigenvalue weighted by Crippen LogP contribution is 2.27. The number of benzene rings is 1. The number of nitrogens with zero attached hydrogens (tertiary/aromatic N) is 2. The average molecular weight is 345 g/mol. The third-order valence-electron chi connectivity index (χ3n) is 2.88. The number of carbonyl (C=O) groups is 1. The van der Waals surface area contributed by atoms with Crippen molar-refractivity contribution in [2.24, 2.45) is 0 Å². The Morgan fingerprint density at radius 3 is 2.76 bits per heavy atom. The van der Waals surface area contributed by atoms with Gasteiger partial charge in [0.1, 0.15) is 5.15 Å². The molecule has 0 fully saturated rings. The molecule has 7 heteroatoms. The third kappa shape index (κ3) is 3.59. The molecular formula is C14H12Cl3N3O. The summed E-state index contributed by atoms with van der Waals surface area (Å²) >= 11 is 18.0. The van der Waals surface area contributed by atoms with Crippen molar-refractivity contribution in [1.29, 1.82) is 0 Å². The quantitative estimate of drug-likeness (QED) is 0.859. The monoisotopic (exact) mass is 343 g/mol. The van der Waals surface area contributed by atoms with Gasteiger partial charge in [-0.3, -0.25) is 4.79 Å². The van der Waals surface area contributed by atoms with Gasteiger partial charge in [0, 0.05) is 13.6 Å². The van der Waals surface area contributed by atoms with Crippen LogP contribution in [0.25, 0.3) is 0 Å². The van der Waals surface area contributed by atoms with Gasteiger partial charge in [0.25, 0.3) is 5.91 Å². The standard InChI is InChI=1S/C14H12Cl3N3O/c1-20(7-8-3-2-4-11(15)12(8)16)14(21)10-5-9(18)6-19-13(10)17/h2-6H,7,18H2,1H3. The molecule has 110 valence electrons. The molecular weight excluding hydrogens is 333 g/mol. The first-order chi connectivity index (χ1) is 9.90. The van der Waals surface area contributed by atoms with Crippen LogP contribution < -0.4 is 5.73 Å². The van der Waals surface area contributed by atoms with E-state index in [1.54, 1.807) is 25.2 Å². The summed E-state index contributed by atoms with van der Waals surface area (Å²) in [5, 5.41) is 0.979. The van der Waals surface area contributed by atoms with E-state index in [1.165, 1.54) is 17.2 Å². The van der Waals surface area contributed by atoms with Crippen molar-refractivity contribution in [3.05, 3.63) is 56.8 Å². The number of rotatable bonds is 3. The molecule has 0 saturated heterocycles. The summed E-state index contributed by atoms with van der Waals surface area (Å²) in [6.07, 6.45) is 1.40. The van der Waals surface area contributed by atoms with E-state index >= 15 is 0 Å². The van der Waals surface area contributed by atoms with Crippen molar-refractivity contribution >= 4 is 46.4 Å². The van der Waals surface area contributed by atoms with Gasteiger partial charge in [-0.1, -0.05) is 46.9 Å². The van der Waals surface area contributed by atoms with Crippen LogP contribution in [0, 0.1) is 0 Å². The molecule has 1 heterocycles. The van der Waals surface area contributed by atoms with Gasteiger partial charge in [-0.15, -0.1) is 0 Å². The van der Waals surface area contributed by atoms with E-state index in [0.29, 0.717) is 22.3 Å². The maximum Gasteiger partial charge on any atom is 0.257 e. The van der Waals surface area contributed by atoms with Gasteiger partial charge in [-0.2, -0.15) is 0 Å². The lowest BCUT2D eigenvalue weighted by Gasteiger charge is -2.19. The van der Waals surface area contributed by atoms with Gasteiger partial charge in [-0.05, 0) is 17.7 Å². The first-order valence-corrected chi connectivity index (χ1v) is 7.13. The van der Waals surface area contributed by atoms with Crippen LogP contribution in [0.2, 0.25) is 15.2 Å². The zero-order valence-corrected chi connectivity index (χ0v) is 13.4. The molecule has 1 amide bonds. The predicted molar refractivity (Wildman–Crippen MR) is 85.9 cm³/mol. The largest absolute Gasteiger partial charge is 0.397 e. The van der Waals surface area contributed by atoms with Crippen LogP contribution in [0.5, 0.6) is 0 Å². The molecule has 21 heavy (non-hydrogen) atoms. The van der Waals surface area contributed by atoms with Crippen LogP contribution in [0.4, 0.5) is 5.69 Å². The second-order valence-corrected chi connectivity index (χ2v) is 5.62. The Hall–Kier alpha value is -1.49. The minimum Gasteiger partial charge on any atom is -0.397 e. The minimum atomic E-state index is -0.296. The van der Waals surface area contributed by atoms with Crippen LogP contribution in [0.1, 0.15) is 15.9 Å². The number of halogens is 3. The van der Waals surface area contributed by atoms with Crippen molar-refractivity contribution in [3.63, 3.8) is 0 Å². The maximum atomic E-state index is 12.4. The summed E-state index contributed by atoms with van der Waals surface area (Å²) in [7, 11) is 1.64. The lowest BCUT2D eigenvalue weighted by molar-refractivity contribution is 0.0785. The van der Waals surface area contributed by atoms with E-state index in [4.69, 9.17) is 40.5 Å². The molecule has 0 radical (unpaired) electrons. The fraction of sp³-hybridized carbons (Fsp3) is 0.143. The first-order valence-electron chi connectivity index (χ1n) is 5.99. The van der Waals surface area contributed by atoms with Gasteiger partial charge < -0.3 is 10.6 Å². The lowest BCUT2D eigenvalue weighted by atomic mass is 10.2. The zero-order chi connectivity index (χ0) is 15.6.